The second-order valence-corrected chi connectivity index (χ2v) is 9.75. The molecule has 3 aromatic rings. The molecule has 0 saturated heterocycles. The summed E-state index contributed by atoms with van der Waals surface area (Å²) in [6.07, 6.45) is 14.8. The molecule has 2 fully saturated rings. The molecule has 0 unspecified atom stereocenters. The molecule has 3 heterocycles. The Bertz CT molecular complexity index is 1280. The minimum absolute atomic E-state index is 0.00105. The average molecular weight is 462 g/mol. The van der Waals surface area contributed by atoms with Crippen molar-refractivity contribution in [3.63, 3.8) is 0 Å². The standard InChI is InChI=1S/C26H31N5O3/c1-17-7-10-23-28-20(14-31(23)12-17)11-27-25(33)21-15-30(13-18-5-3-2-4-6-18)16-22(24(21)32)26(34)29-19-8-9-19/h7,10,12,14-16,18-19H,2-6,8-9,11,13H2,1H3,(H,27,33)(H,29,34). The van der Waals surface area contributed by atoms with E-state index in [-0.39, 0.29) is 23.7 Å². The summed E-state index contributed by atoms with van der Waals surface area (Å²) in [7, 11) is 0. The Hall–Kier alpha value is -3.42. The Balaban J connectivity index is 1.38. The van der Waals surface area contributed by atoms with Gasteiger partial charge >= 0.3 is 0 Å². The van der Waals surface area contributed by atoms with Gasteiger partial charge in [0.05, 0.1) is 12.2 Å². The molecule has 2 N–H and O–H groups in total. The molecule has 5 rings (SSSR count). The summed E-state index contributed by atoms with van der Waals surface area (Å²) in [5.74, 6) is -0.389. The predicted molar refractivity (Wildman–Crippen MR) is 129 cm³/mol. The van der Waals surface area contributed by atoms with Gasteiger partial charge in [0.25, 0.3) is 11.8 Å². The number of carbonyl (C=O) groups excluding carboxylic acids is 2. The molecule has 8 heteroatoms. The lowest BCUT2D eigenvalue weighted by atomic mass is 9.89. The lowest BCUT2D eigenvalue weighted by molar-refractivity contribution is 0.0947. The molecule has 178 valence electrons. The van der Waals surface area contributed by atoms with Crippen LogP contribution in [0.5, 0.6) is 0 Å². The van der Waals surface area contributed by atoms with Gasteiger partial charge in [-0.3, -0.25) is 14.4 Å². The highest BCUT2D eigenvalue weighted by atomic mass is 16.2. The topological polar surface area (TPSA) is 97.5 Å². The number of fused-ring (bicyclic) bond motifs is 1. The minimum Gasteiger partial charge on any atom is -0.352 e. The van der Waals surface area contributed by atoms with Crippen LogP contribution in [0.15, 0.2) is 41.7 Å². The first-order valence-corrected chi connectivity index (χ1v) is 12.2. The molecule has 0 aromatic carbocycles. The van der Waals surface area contributed by atoms with E-state index in [9.17, 15) is 14.4 Å². The Morgan fingerprint density at radius 1 is 0.971 bits per heavy atom. The van der Waals surface area contributed by atoms with Gasteiger partial charge in [-0.1, -0.05) is 25.3 Å². The Morgan fingerprint density at radius 3 is 2.44 bits per heavy atom. The molecular weight excluding hydrogens is 430 g/mol. The number of carbonyl (C=O) groups is 2. The van der Waals surface area contributed by atoms with Crippen molar-refractivity contribution < 1.29 is 9.59 Å². The van der Waals surface area contributed by atoms with Crippen LogP contribution >= 0.6 is 0 Å². The molecule has 2 amide bonds. The summed E-state index contributed by atoms with van der Waals surface area (Å²) in [5, 5.41) is 5.71. The molecule has 34 heavy (non-hydrogen) atoms. The van der Waals surface area contributed by atoms with Crippen molar-refractivity contribution in [1.82, 2.24) is 24.6 Å². The number of hydrogen-bond donors (Lipinski definition) is 2. The van der Waals surface area contributed by atoms with Gasteiger partial charge in [0.1, 0.15) is 16.8 Å². The fraction of sp³-hybridized carbons (Fsp3) is 0.462. The summed E-state index contributed by atoms with van der Waals surface area (Å²) in [6, 6.07) is 4.04. The molecular formula is C26H31N5O3. The first-order valence-electron chi connectivity index (χ1n) is 12.2. The number of nitrogens with zero attached hydrogens (tertiary/aromatic N) is 3. The van der Waals surface area contributed by atoms with Crippen LogP contribution in [0.1, 0.15) is 76.9 Å². The average Bonchev–Trinajstić information content (AvgIpc) is 3.55. The highest BCUT2D eigenvalue weighted by Crippen LogP contribution is 2.25. The van der Waals surface area contributed by atoms with Crippen molar-refractivity contribution in [3.8, 4) is 0 Å². The van der Waals surface area contributed by atoms with Gasteiger partial charge in [-0.25, -0.2) is 4.98 Å². The number of aryl methyl sites for hydroxylation is 1. The Labute approximate surface area is 198 Å². The molecule has 2 aliphatic rings. The van der Waals surface area contributed by atoms with Gasteiger partial charge in [-0.2, -0.15) is 0 Å². The van der Waals surface area contributed by atoms with E-state index in [0.717, 1.165) is 36.9 Å². The number of imidazole rings is 1. The van der Waals surface area contributed by atoms with Crippen molar-refractivity contribution in [1.29, 1.82) is 0 Å². The van der Waals surface area contributed by atoms with E-state index in [1.807, 2.05) is 40.4 Å². The predicted octanol–water partition coefficient (Wildman–Crippen LogP) is 3.21. The maximum absolute atomic E-state index is 13.1. The molecule has 0 atom stereocenters. The van der Waals surface area contributed by atoms with Crippen LogP contribution in [0.3, 0.4) is 0 Å². The largest absolute Gasteiger partial charge is 0.352 e. The minimum atomic E-state index is -0.527. The van der Waals surface area contributed by atoms with Crippen molar-refractivity contribution in [2.24, 2.45) is 5.92 Å². The smallest absolute Gasteiger partial charge is 0.257 e. The third-order valence-electron chi connectivity index (χ3n) is 6.75. The van der Waals surface area contributed by atoms with Gasteiger partial charge in [0, 0.05) is 37.4 Å². The number of aromatic nitrogens is 3. The third-order valence-corrected chi connectivity index (χ3v) is 6.75. The molecule has 0 bridgehead atoms. The van der Waals surface area contributed by atoms with Gasteiger partial charge in [0.15, 0.2) is 0 Å². The van der Waals surface area contributed by atoms with Crippen LogP contribution < -0.4 is 16.1 Å². The first kappa shape index (κ1) is 22.4. The van der Waals surface area contributed by atoms with Gasteiger partial charge in [0.2, 0.25) is 5.43 Å². The fourth-order valence-corrected chi connectivity index (χ4v) is 4.73. The molecule has 8 nitrogen and oxygen atoms in total. The van der Waals surface area contributed by atoms with Crippen LogP contribution in [0.25, 0.3) is 5.65 Å². The van der Waals surface area contributed by atoms with E-state index in [1.54, 1.807) is 12.4 Å². The van der Waals surface area contributed by atoms with E-state index >= 15 is 0 Å². The van der Waals surface area contributed by atoms with Gasteiger partial charge in [-0.05, 0) is 50.2 Å². The zero-order valence-electron chi connectivity index (χ0n) is 19.5. The molecule has 0 spiro atoms. The second kappa shape index (κ2) is 9.44. The normalized spacial score (nSPS) is 16.5. The maximum atomic E-state index is 13.1. The van der Waals surface area contributed by atoms with E-state index in [0.29, 0.717) is 18.2 Å². The lowest BCUT2D eigenvalue weighted by Gasteiger charge is -2.23. The molecule has 0 radical (unpaired) electrons. The van der Waals surface area contributed by atoms with E-state index in [1.165, 1.54) is 19.3 Å². The lowest BCUT2D eigenvalue weighted by Crippen LogP contribution is -2.36. The zero-order chi connectivity index (χ0) is 23.7. The summed E-state index contributed by atoms with van der Waals surface area (Å²) >= 11 is 0. The van der Waals surface area contributed by atoms with Crippen molar-refractivity contribution in [3.05, 3.63) is 69.5 Å². The number of pyridine rings is 2. The SMILES string of the molecule is Cc1ccc2nc(CNC(=O)c3cn(CC4CCCCC4)cc(C(=O)NC4CC4)c3=O)cn2c1. The fourth-order valence-electron chi connectivity index (χ4n) is 4.73. The molecule has 2 saturated carbocycles. The van der Waals surface area contributed by atoms with Gasteiger partial charge < -0.3 is 19.6 Å². The van der Waals surface area contributed by atoms with Crippen LogP contribution in [-0.4, -0.2) is 31.8 Å². The summed E-state index contributed by atoms with van der Waals surface area (Å²) in [6.45, 7) is 2.90. The summed E-state index contributed by atoms with van der Waals surface area (Å²) < 4.78 is 3.78. The van der Waals surface area contributed by atoms with Crippen LogP contribution in [-0.2, 0) is 13.1 Å². The van der Waals surface area contributed by atoms with Crippen molar-refractivity contribution in [2.45, 2.75) is 71.0 Å². The van der Waals surface area contributed by atoms with Crippen LogP contribution in [0.4, 0.5) is 0 Å². The highest BCUT2D eigenvalue weighted by molar-refractivity contribution is 5.99. The highest BCUT2D eigenvalue weighted by Gasteiger charge is 2.27. The second-order valence-electron chi connectivity index (χ2n) is 9.75. The van der Waals surface area contributed by atoms with E-state index < -0.39 is 17.2 Å². The quantitative estimate of drug-likeness (QED) is 0.565. The monoisotopic (exact) mass is 461 g/mol. The number of nitrogens with one attached hydrogen (secondary N) is 2. The molecule has 2 aliphatic carbocycles. The number of rotatable bonds is 7. The molecule has 3 aromatic heterocycles. The van der Waals surface area contributed by atoms with Crippen molar-refractivity contribution in [2.75, 3.05) is 0 Å². The number of amides is 2. The van der Waals surface area contributed by atoms with E-state index in [4.69, 9.17) is 0 Å². The first-order chi connectivity index (χ1) is 16.5. The van der Waals surface area contributed by atoms with Gasteiger partial charge in [-0.15, -0.1) is 0 Å². The molecule has 0 aliphatic heterocycles. The Kier molecular flexibility index (Phi) is 6.22. The Morgan fingerprint density at radius 2 is 1.71 bits per heavy atom. The van der Waals surface area contributed by atoms with Crippen LogP contribution in [0.2, 0.25) is 0 Å². The maximum Gasteiger partial charge on any atom is 0.257 e. The third kappa shape index (κ3) is 5.05. The van der Waals surface area contributed by atoms with Crippen molar-refractivity contribution >= 4 is 17.5 Å². The number of hydrogen-bond acceptors (Lipinski definition) is 4. The summed E-state index contributed by atoms with van der Waals surface area (Å²) in [5.41, 5.74) is 2.12. The van der Waals surface area contributed by atoms with Crippen LogP contribution in [0, 0.1) is 12.8 Å². The zero-order valence-corrected chi connectivity index (χ0v) is 19.5. The van der Waals surface area contributed by atoms with E-state index in [2.05, 4.69) is 15.6 Å². The summed E-state index contributed by atoms with van der Waals surface area (Å²) in [4.78, 5) is 43.5.